The lowest BCUT2D eigenvalue weighted by Crippen LogP contribution is -2.30. The number of benzene rings is 2. The highest BCUT2D eigenvalue weighted by atomic mass is 35.5. The first-order valence-electron chi connectivity index (χ1n) is 7.17. The third-order valence-corrected chi connectivity index (χ3v) is 4.45. The van der Waals surface area contributed by atoms with E-state index in [0.29, 0.717) is 26.9 Å². The quantitative estimate of drug-likeness (QED) is 0.768. The number of hydrogen-bond donors (Lipinski definition) is 0. The molecule has 1 amide bonds. The minimum absolute atomic E-state index is 0.0528. The molecule has 0 saturated carbocycles. The molecule has 6 heteroatoms. The predicted octanol–water partition coefficient (Wildman–Crippen LogP) is 4.16. The maximum Gasteiger partial charge on any atom is 0.326 e. The van der Waals surface area contributed by atoms with Crippen molar-refractivity contribution in [3.63, 3.8) is 0 Å². The second-order valence-electron chi connectivity index (χ2n) is 5.29. The van der Waals surface area contributed by atoms with Crippen molar-refractivity contribution in [2.24, 2.45) is 0 Å². The van der Waals surface area contributed by atoms with Crippen LogP contribution >= 0.6 is 23.2 Å². The highest BCUT2D eigenvalue weighted by molar-refractivity contribution is 6.42. The van der Waals surface area contributed by atoms with Crippen molar-refractivity contribution in [2.45, 2.75) is 6.61 Å². The van der Waals surface area contributed by atoms with Crippen molar-refractivity contribution in [3.8, 4) is 0 Å². The molecule has 0 aromatic heterocycles. The first-order chi connectivity index (χ1) is 11.5. The summed E-state index contributed by atoms with van der Waals surface area (Å²) in [6.45, 7) is 3.75. The van der Waals surface area contributed by atoms with Gasteiger partial charge in [-0.3, -0.25) is 14.5 Å². The Balaban J connectivity index is 1.63. The van der Waals surface area contributed by atoms with Crippen LogP contribution in [0.5, 0.6) is 0 Å². The zero-order valence-corrected chi connectivity index (χ0v) is 14.1. The van der Waals surface area contributed by atoms with Gasteiger partial charge in [0.05, 0.1) is 10.0 Å². The van der Waals surface area contributed by atoms with Gasteiger partial charge in [0, 0.05) is 16.8 Å². The summed E-state index contributed by atoms with van der Waals surface area (Å²) in [5.41, 5.74) is 2.49. The third kappa shape index (κ3) is 3.16. The summed E-state index contributed by atoms with van der Waals surface area (Å²) in [7, 11) is 0. The molecule has 2 aromatic rings. The number of ether oxygens (including phenoxy) is 1. The summed E-state index contributed by atoms with van der Waals surface area (Å²) in [6, 6.07) is 12.1. The lowest BCUT2D eigenvalue weighted by Gasteiger charge is -2.16. The van der Waals surface area contributed by atoms with Crippen molar-refractivity contribution < 1.29 is 14.3 Å². The molecule has 0 unspecified atom stereocenters. The number of amides is 1. The molecule has 2 aromatic carbocycles. The van der Waals surface area contributed by atoms with Crippen LogP contribution in [-0.4, -0.2) is 23.3 Å². The molecule has 0 aliphatic carbocycles. The van der Waals surface area contributed by atoms with Gasteiger partial charge in [-0.05, 0) is 23.8 Å². The summed E-state index contributed by atoms with van der Waals surface area (Å²) in [5, 5.41) is 0.826. The molecule has 0 spiro atoms. The average molecular weight is 362 g/mol. The molecule has 3 rings (SSSR count). The minimum Gasteiger partial charge on any atom is -0.459 e. The van der Waals surface area contributed by atoms with Gasteiger partial charge in [0.25, 0.3) is 5.91 Å². The summed E-state index contributed by atoms with van der Waals surface area (Å²) in [4.78, 5) is 25.7. The van der Waals surface area contributed by atoms with Gasteiger partial charge < -0.3 is 4.74 Å². The zero-order valence-electron chi connectivity index (χ0n) is 12.6. The normalized spacial score (nSPS) is 13.2. The monoisotopic (exact) mass is 361 g/mol. The van der Waals surface area contributed by atoms with Gasteiger partial charge in [-0.1, -0.05) is 54.0 Å². The Labute approximate surface area is 149 Å². The van der Waals surface area contributed by atoms with E-state index in [1.54, 1.807) is 36.4 Å². The average Bonchev–Trinajstić information content (AvgIpc) is 2.81. The molecule has 0 bridgehead atoms. The fourth-order valence-corrected chi connectivity index (χ4v) is 2.79. The summed E-state index contributed by atoms with van der Waals surface area (Å²) in [6.07, 6.45) is 0. The second-order valence-corrected chi connectivity index (χ2v) is 6.11. The van der Waals surface area contributed by atoms with Crippen LogP contribution in [0.3, 0.4) is 0 Å². The van der Waals surface area contributed by atoms with E-state index >= 15 is 0 Å². The van der Waals surface area contributed by atoms with Gasteiger partial charge in [-0.15, -0.1) is 0 Å². The number of halogens is 2. The lowest BCUT2D eigenvalue weighted by molar-refractivity contribution is -0.145. The van der Waals surface area contributed by atoms with E-state index < -0.39 is 5.97 Å². The molecule has 0 radical (unpaired) electrons. The summed E-state index contributed by atoms with van der Waals surface area (Å²) in [5.74, 6) is -0.773. The molecule has 4 nitrogen and oxygen atoms in total. The number of carbonyl (C=O) groups is 2. The number of esters is 1. The van der Waals surface area contributed by atoms with E-state index in [2.05, 4.69) is 6.58 Å². The maximum atomic E-state index is 12.3. The summed E-state index contributed by atoms with van der Waals surface area (Å²) < 4.78 is 5.20. The van der Waals surface area contributed by atoms with E-state index in [1.165, 1.54) is 4.90 Å². The van der Waals surface area contributed by atoms with Gasteiger partial charge in [0.15, 0.2) is 0 Å². The van der Waals surface area contributed by atoms with Crippen LogP contribution in [-0.2, 0) is 16.1 Å². The number of hydrogen-bond acceptors (Lipinski definition) is 3. The topological polar surface area (TPSA) is 46.6 Å². The second kappa shape index (κ2) is 6.67. The molecule has 0 fully saturated rings. The molecule has 0 atom stereocenters. The van der Waals surface area contributed by atoms with Crippen molar-refractivity contribution >= 4 is 40.8 Å². The Bertz CT molecular complexity index is 813. The Morgan fingerprint density at radius 3 is 2.46 bits per heavy atom. The van der Waals surface area contributed by atoms with Crippen LogP contribution in [0.1, 0.15) is 21.5 Å². The molecule has 1 aliphatic heterocycles. The van der Waals surface area contributed by atoms with Crippen LogP contribution in [0.2, 0.25) is 10.0 Å². The Kier molecular flexibility index (Phi) is 4.60. The highest BCUT2D eigenvalue weighted by Gasteiger charge is 2.32. The predicted molar refractivity (Wildman–Crippen MR) is 92.8 cm³/mol. The van der Waals surface area contributed by atoms with E-state index in [1.807, 2.05) is 6.07 Å². The van der Waals surface area contributed by atoms with Crippen LogP contribution < -0.4 is 0 Å². The van der Waals surface area contributed by atoms with Crippen molar-refractivity contribution in [3.05, 3.63) is 75.8 Å². The molecule has 0 N–H and O–H groups in total. The first kappa shape index (κ1) is 16.6. The van der Waals surface area contributed by atoms with Gasteiger partial charge in [0.1, 0.15) is 13.2 Å². The highest BCUT2D eigenvalue weighted by Crippen LogP contribution is 2.30. The number of nitrogens with zero attached hydrogens (tertiary/aromatic N) is 1. The zero-order chi connectivity index (χ0) is 17.3. The Hall–Kier alpha value is -2.30. The number of rotatable bonds is 4. The maximum absolute atomic E-state index is 12.3. The van der Waals surface area contributed by atoms with Gasteiger partial charge in [-0.2, -0.15) is 0 Å². The molecule has 1 aliphatic rings. The number of fused-ring (bicyclic) bond motifs is 1. The Morgan fingerprint density at radius 2 is 1.79 bits per heavy atom. The van der Waals surface area contributed by atoms with E-state index in [9.17, 15) is 9.59 Å². The molecule has 24 heavy (non-hydrogen) atoms. The molecular formula is C18H13Cl2NO3. The van der Waals surface area contributed by atoms with Gasteiger partial charge in [-0.25, -0.2) is 0 Å². The molecular weight excluding hydrogens is 349 g/mol. The smallest absolute Gasteiger partial charge is 0.326 e. The van der Waals surface area contributed by atoms with Crippen LogP contribution in [0.25, 0.3) is 5.70 Å². The van der Waals surface area contributed by atoms with Gasteiger partial charge in [0.2, 0.25) is 0 Å². The SMILES string of the molecule is C=C1c2ccccc2C(=O)N1CC(=O)OCc1ccc(Cl)c(Cl)c1. The first-order valence-corrected chi connectivity index (χ1v) is 7.92. The largest absolute Gasteiger partial charge is 0.459 e. The standard InChI is InChI=1S/C18H13Cl2NO3/c1-11-13-4-2-3-5-14(13)18(23)21(11)9-17(22)24-10-12-6-7-15(19)16(20)8-12/h2-8H,1,9-10H2. The van der Waals surface area contributed by atoms with Crippen molar-refractivity contribution in [1.82, 2.24) is 4.90 Å². The fraction of sp³-hybridized carbons (Fsp3) is 0.111. The van der Waals surface area contributed by atoms with Crippen molar-refractivity contribution in [2.75, 3.05) is 6.54 Å². The Morgan fingerprint density at radius 1 is 1.08 bits per heavy atom. The van der Waals surface area contributed by atoms with Crippen molar-refractivity contribution in [1.29, 1.82) is 0 Å². The van der Waals surface area contributed by atoms with E-state index in [4.69, 9.17) is 27.9 Å². The molecule has 1 heterocycles. The van der Waals surface area contributed by atoms with Crippen LogP contribution in [0.15, 0.2) is 49.0 Å². The third-order valence-electron chi connectivity index (χ3n) is 3.71. The molecule has 0 saturated heterocycles. The van der Waals surface area contributed by atoms with E-state index in [0.717, 1.165) is 5.56 Å². The molecule has 122 valence electrons. The minimum atomic E-state index is -0.525. The van der Waals surface area contributed by atoms with Gasteiger partial charge >= 0.3 is 5.97 Å². The number of carbonyl (C=O) groups excluding carboxylic acids is 2. The van der Waals surface area contributed by atoms with Crippen LogP contribution in [0, 0.1) is 0 Å². The van der Waals surface area contributed by atoms with E-state index in [-0.39, 0.29) is 19.1 Å². The summed E-state index contributed by atoms with van der Waals surface area (Å²) >= 11 is 11.8. The van der Waals surface area contributed by atoms with Crippen LogP contribution in [0.4, 0.5) is 0 Å². The fourth-order valence-electron chi connectivity index (χ4n) is 2.47. The lowest BCUT2D eigenvalue weighted by atomic mass is 10.1.